The average molecular weight is 369 g/mol. The number of benzene rings is 1. The zero-order valence-electron chi connectivity index (χ0n) is 16.3. The normalized spacial score (nSPS) is 16.1. The number of amides is 1. The molecular formula is C21H27N3O3. The maximum absolute atomic E-state index is 12.5. The van der Waals surface area contributed by atoms with Crippen molar-refractivity contribution in [1.29, 1.82) is 5.26 Å². The van der Waals surface area contributed by atoms with E-state index in [-0.39, 0.29) is 11.5 Å². The van der Waals surface area contributed by atoms with E-state index in [1.807, 2.05) is 49.3 Å². The Balaban J connectivity index is 2.03. The third-order valence-corrected chi connectivity index (χ3v) is 4.61. The van der Waals surface area contributed by atoms with Gasteiger partial charge in [0, 0.05) is 32.9 Å². The first kappa shape index (κ1) is 20.5. The Morgan fingerprint density at radius 3 is 2.26 bits per heavy atom. The second-order valence-electron chi connectivity index (χ2n) is 6.94. The van der Waals surface area contributed by atoms with Gasteiger partial charge in [-0.1, -0.05) is 25.0 Å². The van der Waals surface area contributed by atoms with E-state index in [1.54, 1.807) is 11.8 Å². The van der Waals surface area contributed by atoms with Crippen LogP contribution in [0.3, 0.4) is 0 Å². The number of nitrogens with zero attached hydrogens (tertiary/aromatic N) is 3. The van der Waals surface area contributed by atoms with E-state index in [1.165, 1.54) is 6.08 Å². The zero-order valence-corrected chi connectivity index (χ0v) is 16.3. The van der Waals surface area contributed by atoms with Crippen molar-refractivity contribution in [2.45, 2.75) is 38.7 Å². The maximum Gasteiger partial charge on any atom is 0.349 e. The maximum atomic E-state index is 12.5. The van der Waals surface area contributed by atoms with Crippen LogP contribution < -0.4 is 4.90 Å². The Bertz CT molecular complexity index is 724. The fourth-order valence-corrected chi connectivity index (χ4v) is 2.99. The van der Waals surface area contributed by atoms with Crippen LogP contribution in [-0.4, -0.2) is 50.1 Å². The second kappa shape index (κ2) is 9.77. The summed E-state index contributed by atoms with van der Waals surface area (Å²) in [6, 6.07) is 9.32. The Hall–Kier alpha value is -2.81. The smallest absolute Gasteiger partial charge is 0.349 e. The molecule has 2 rings (SSSR count). The van der Waals surface area contributed by atoms with Gasteiger partial charge in [0.2, 0.25) is 0 Å². The monoisotopic (exact) mass is 369 g/mol. The fraction of sp³-hybridized carbons (Fsp3) is 0.476. The first-order valence-corrected chi connectivity index (χ1v) is 9.31. The lowest BCUT2D eigenvalue weighted by Gasteiger charge is -2.23. The SMILES string of the molecule is C[C@H](OC(=O)/C(C#N)=C/c1ccc(N(C)C)cc1)C(=O)N1CCCCCC1. The number of hydrogen-bond acceptors (Lipinski definition) is 5. The van der Waals surface area contributed by atoms with Crippen LogP contribution in [0.15, 0.2) is 29.8 Å². The topological polar surface area (TPSA) is 73.6 Å². The third kappa shape index (κ3) is 5.85. The Morgan fingerprint density at radius 1 is 1.15 bits per heavy atom. The van der Waals surface area contributed by atoms with Gasteiger partial charge in [0.15, 0.2) is 6.10 Å². The molecule has 0 bridgehead atoms. The van der Waals surface area contributed by atoms with Crippen LogP contribution in [0.2, 0.25) is 0 Å². The summed E-state index contributed by atoms with van der Waals surface area (Å²) in [6.45, 7) is 2.95. The standard InChI is InChI=1S/C21H27N3O3/c1-16(20(25)24-12-6-4-5-7-13-24)27-21(26)18(15-22)14-17-8-10-19(11-9-17)23(2)3/h8-11,14,16H,4-7,12-13H2,1-3H3/b18-14+/t16-/m0/s1. The first-order valence-electron chi connectivity index (χ1n) is 9.31. The molecule has 144 valence electrons. The molecule has 1 aliphatic rings. The minimum Gasteiger partial charge on any atom is -0.448 e. The van der Waals surface area contributed by atoms with Crippen molar-refractivity contribution in [2.24, 2.45) is 0 Å². The van der Waals surface area contributed by atoms with Crippen LogP contribution >= 0.6 is 0 Å². The van der Waals surface area contributed by atoms with Crippen molar-refractivity contribution < 1.29 is 14.3 Å². The fourth-order valence-electron chi connectivity index (χ4n) is 2.99. The highest BCUT2D eigenvalue weighted by Crippen LogP contribution is 2.16. The number of nitriles is 1. The van der Waals surface area contributed by atoms with Gasteiger partial charge in [0.25, 0.3) is 5.91 Å². The summed E-state index contributed by atoms with van der Waals surface area (Å²) in [4.78, 5) is 28.5. The summed E-state index contributed by atoms with van der Waals surface area (Å²) in [6.07, 6.45) is 4.75. The average Bonchev–Trinajstić information content (AvgIpc) is 2.95. The van der Waals surface area contributed by atoms with Gasteiger partial charge in [-0.05, 0) is 43.5 Å². The third-order valence-electron chi connectivity index (χ3n) is 4.61. The molecule has 6 nitrogen and oxygen atoms in total. The molecular weight excluding hydrogens is 342 g/mol. The summed E-state index contributed by atoms with van der Waals surface area (Å²) in [5.41, 5.74) is 1.62. The van der Waals surface area contributed by atoms with Gasteiger partial charge < -0.3 is 14.5 Å². The molecule has 0 aliphatic carbocycles. The second-order valence-corrected chi connectivity index (χ2v) is 6.94. The molecule has 1 saturated heterocycles. The number of esters is 1. The largest absolute Gasteiger partial charge is 0.448 e. The van der Waals surface area contributed by atoms with Crippen LogP contribution in [0.4, 0.5) is 5.69 Å². The molecule has 0 spiro atoms. The van der Waals surface area contributed by atoms with Crippen molar-refractivity contribution in [3.05, 3.63) is 35.4 Å². The molecule has 1 fully saturated rings. The molecule has 1 aromatic rings. The molecule has 0 N–H and O–H groups in total. The molecule has 0 saturated carbocycles. The number of carbonyl (C=O) groups is 2. The Morgan fingerprint density at radius 2 is 1.74 bits per heavy atom. The molecule has 27 heavy (non-hydrogen) atoms. The van der Waals surface area contributed by atoms with Crippen LogP contribution in [0.1, 0.15) is 38.2 Å². The van der Waals surface area contributed by atoms with Crippen LogP contribution in [0.5, 0.6) is 0 Å². The van der Waals surface area contributed by atoms with Gasteiger partial charge in [0.05, 0.1) is 0 Å². The first-order chi connectivity index (χ1) is 12.9. The number of rotatable bonds is 5. The van der Waals surface area contributed by atoms with Crippen LogP contribution in [0.25, 0.3) is 6.08 Å². The van der Waals surface area contributed by atoms with E-state index >= 15 is 0 Å². The molecule has 1 aromatic carbocycles. The van der Waals surface area contributed by atoms with Crippen molar-refractivity contribution in [3.8, 4) is 6.07 Å². The van der Waals surface area contributed by atoms with Gasteiger partial charge in [-0.15, -0.1) is 0 Å². The number of carbonyl (C=O) groups excluding carboxylic acids is 2. The van der Waals surface area contributed by atoms with Gasteiger partial charge in [0.1, 0.15) is 11.6 Å². The number of hydrogen-bond donors (Lipinski definition) is 0. The highest BCUT2D eigenvalue weighted by Gasteiger charge is 2.25. The minimum atomic E-state index is -0.900. The lowest BCUT2D eigenvalue weighted by atomic mass is 10.1. The Kier molecular flexibility index (Phi) is 7.42. The zero-order chi connectivity index (χ0) is 19.8. The lowest BCUT2D eigenvalue weighted by Crippen LogP contribution is -2.40. The predicted octanol–water partition coefficient (Wildman–Crippen LogP) is 2.99. The van der Waals surface area contributed by atoms with E-state index in [0.717, 1.165) is 36.9 Å². The summed E-state index contributed by atoms with van der Waals surface area (Å²) >= 11 is 0. The van der Waals surface area contributed by atoms with Crippen LogP contribution in [0, 0.1) is 11.3 Å². The molecule has 1 atom stereocenters. The molecule has 1 heterocycles. The molecule has 0 aromatic heterocycles. The number of likely N-dealkylation sites (tertiary alicyclic amines) is 1. The molecule has 1 aliphatic heterocycles. The summed E-state index contributed by atoms with van der Waals surface area (Å²) in [5, 5.41) is 9.32. The molecule has 1 amide bonds. The van der Waals surface area contributed by atoms with Gasteiger partial charge >= 0.3 is 5.97 Å². The number of ether oxygens (including phenoxy) is 1. The summed E-state index contributed by atoms with van der Waals surface area (Å²) < 4.78 is 5.26. The Labute approximate surface area is 161 Å². The van der Waals surface area contributed by atoms with Crippen molar-refractivity contribution in [2.75, 3.05) is 32.1 Å². The van der Waals surface area contributed by atoms with Gasteiger partial charge in [-0.25, -0.2) is 4.79 Å². The molecule has 6 heteroatoms. The quantitative estimate of drug-likeness (QED) is 0.453. The highest BCUT2D eigenvalue weighted by molar-refractivity contribution is 5.99. The van der Waals surface area contributed by atoms with Gasteiger partial charge in [-0.3, -0.25) is 4.79 Å². The van der Waals surface area contributed by atoms with Crippen molar-refractivity contribution in [1.82, 2.24) is 4.90 Å². The summed E-state index contributed by atoms with van der Waals surface area (Å²) in [7, 11) is 3.87. The van der Waals surface area contributed by atoms with Crippen LogP contribution in [-0.2, 0) is 14.3 Å². The molecule has 0 radical (unpaired) electrons. The summed E-state index contributed by atoms with van der Waals surface area (Å²) in [5.74, 6) is -0.970. The van der Waals surface area contributed by atoms with Gasteiger partial charge in [-0.2, -0.15) is 5.26 Å². The van der Waals surface area contributed by atoms with E-state index in [0.29, 0.717) is 13.1 Å². The van der Waals surface area contributed by atoms with Crippen molar-refractivity contribution in [3.63, 3.8) is 0 Å². The van der Waals surface area contributed by atoms with E-state index in [4.69, 9.17) is 4.74 Å². The number of anilines is 1. The minimum absolute atomic E-state index is 0.122. The van der Waals surface area contributed by atoms with E-state index < -0.39 is 12.1 Å². The molecule has 0 unspecified atom stereocenters. The van der Waals surface area contributed by atoms with E-state index in [2.05, 4.69) is 0 Å². The highest BCUT2D eigenvalue weighted by atomic mass is 16.5. The lowest BCUT2D eigenvalue weighted by molar-refractivity contribution is -0.155. The predicted molar refractivity (Wildman–Crippen MR) is 105 cm³/mol. The van der Waals surface area contributed by atoms with E-state index in [9.17, 15) is 14.9 Å². The van der Waals surface area contributed by atoms with Crippen molar-refractivity contribution >= 4 is 23.6 Å².